The number of piperidine rings is 1. The molecule has 5 unspecified atom stereocenters. The van der Waals surface area contributed by atoms with Crippen LogP contribution >= 0.6 is 0 Å². The molecule has 1 heterocycles. The summed E-state index contributed by atoms with van der Waals surface area (Å²) in [6.07, 6.45) is 8.04. The first-order valence-corrected chi connectivity index (χ1v) is 8.76. The quantitative estimate of drug-likeness (QED) is 0.776. The normalized spacial score (nSPS) is 44.2. The van der Waals surface area contributed by atoms with E-state index in [2.05, 4.69) is 6.92 Å². The molecule has 0 spiro atoms. The smallest absolute Gasteiger partial charge is 0.226 e. The van der Waals surface area contributed by atoms with Gasteiger partial charge >= 0.3 is 0 Å². The van der Waals surface area contributed by atoms with Gasteiger partial charge in [0, 0.05) is 31.0 Å². The molecular weight excluding hydrogens is 264 g/mol. The number of rotatable bonds is 1. The fourth-order valence-corrected chi connectivity index (χ4v) is 4.70. The average Bonchev–Trinajstić information content (AvgIpc) is 2.48. The molecular formula is C17H30N2O2. The highest BCUT2D eigenvalue weighted by molar-refractivity contribution is 5.79. The van der Waals surface area contributed by atoms with Crippen molar-refractivity contribution in [2.75, 3.05) is 13.1 Å². The third kappa shape index (κ3) is 2.98. The molecule has 2 aliphatic carbocycles. The lowest BCUT2D eigenvalue weighted by Gasteiger charge is -2.48. The van der Waals surface area contributed by atoms with E-state index in [0.717, 1.165) is 58.0 Å². The van der Waals surface area contributed by atoms with E-state index in [-0.39, 0.29) is 17.9 Å². The van der Waals surface area contributed by atoms with Gasteiger partial charge in [0.1, 0.15) is 0 Å². The molecule has 4 heteroatoms. The molecule has 1 amide bonds. The molecule has 120 valence electrons. The lowest BCUT2D eigenvalue weighted by Crippen LogP contribution is -2.56. The minimum absolute atomic E-state index is 0.100. The van der Waals surface area contributed by atoms with E-state index in [4.69, 9.17) is 5.73 Å². The first-order chi connectivity index (χ1) is 9.99. The summed E-state index contributed by atoms with van der Waals surface area (Å²) < 4.78 is 0. The second kappa shape index (κ2) is 5.88. The summed E-state index contributed by atoms with van der Waals surface area (Å²) in [5.74, 6) is 1.13. The van der Waals surface area contributed by atoms with Gasteiger partial charge in [0.2, 0.25) is 5.91 Å². The van der Waals surface area contributed by atoms with Crippen LogP contribution in [-0.4, -0.2) is 40.6 Å². The summed E-state index contributed by atoms with van der Waals surface area (Å²) in [5, 5.41) is 10.7. The Bertz CT molecular complexity index is 400. The van der Waals surface area contributed by atoms with E-state index in [1.807, 2.05) is 4.90 Å². The van der Waals surface area contributed by atoms with Crippen LogP contribution in [-0.2, 0) is 4.79 Å². The standard InChI is InChI=1S/C17H30N2O2/c1-12-5-6-14(18)10-15(12)16(20)19-9-8-17(21)7-3-2-4-13(17)11-19/h12-15,21H,2-11,18H2,1H3. The van der Waals surface area contributed by atoms with Crippen molar-refractivity contribution >= 4 is 5.91 Å². The summed E-state index contributed by atoms with van der Waals surface area (Å²) in [5.41, 5.74) is 5.57. The van der Waals surface area contributed by atoms with Gasteiger partial charge in [-0.05, 0) is 44.4 Å². The zero-order chi connectivity index (χ0) is 15.0. The summed E-state index contributed by atoms with van der Waals surface area (Å²) in [6.45, 7) is 3.67. The minimum Gasteiger partial charge on any atom is -0.389 e. The molecule has 3 aliphatic rings. The molecule has 2 saturated carbocycles. The van der Waals surface area contributed by atoms with E-state index in [1.165, 1.54) is 6.42 Å². The van der Waals surface area contributed by atoms with Gasteiger partial charge in [-0.3, -0.25) is 4.79 Å². The van der Waals surface area contributed by atoms with Crippen LogP contribution in [0.15, 0.2) is 0 Å². The van der Waals surface area contributed by atoms with Gasteiger partial charge in [-0.25, -0.2) is 0 Å². The summed E-state index contributed by atoms with van der Waals surface area (Å²) in [7, 11) is 0. The van der Waals surface area contributed by atoms with Gasteiger partial charge in [0.15, 0.2) is 0 Å². The van der Waals surface area contributed by atoms with Crippen molar-refractivity contribution in [2.45, 2.75) is 69.9 Å². The van der Waals surface area contributed by atoms with Crippen molar-refractivity contribution in [2.24, 2.45) is 23.5 Å². The number of carbonyl (C=O) groups excluding carboxylic acids is 1. The van der Waals surface area contributed by atoms with Crippen molar-refractivity contribution in [1.29, 1.82) is 0 Å². The fraction of sp³-hybridized carbons (Fsp3) is 0.941. The number of hydrogen-bond acceptors (Lipinski definition) is 3. The largest absolute Gasteiger partial charge is 0.389 e. The Morgan fingerprint density at radius 1 is 1.24 bits per heavy atom. The van der Waals surface area contributed by atoms with E-state index in [1.54, 1.807) is 0 Å². The number of nitrogens with zero attached hydrogens (tertiary/aromatic N) is 1. The molecule has 3 rings (SSSR count). The Balaban J connectivity index is 1.65. The van der Waals surface area contributed by atoms with Crippen molar-refractivity contribution in [3.05, 3.63) is 0 Å². The fourth-order valence-electron chi connectivity index (χ4n) is 4.70. The van der Waals surface area contributed by atoms with Gasteiger partial charge in [0.05, 0.1) is 5.60 Å². The molecule has 0 bridgehead atoms. The number of nitrogens with two attached hydrogens (primary N) is 1. The summed E-state index contributed by atoms with van der Waals surface area (Å²) >= 11 is 0. The Labute approximate surface area is 128 Å². The van der Waals surface area contributed by atoms with Crippen LogP contribution in [0.4, 0.5) is 0 Å². The van der Waals surface area contributed by atoms with Crippen molar-refractivity contribution in [1.82, 2.24) is 4.90 Å². The monoisotopic (exact) mass is 294 g/mol. The van der Waals surface area contributed by atoms with Crippen molar-refractivity contribution in [3.8, 4) is 0 Å². The molecule has 1 aliphatic heterocycles. The van der Waals surface area contributed by atoms with E-state index < -0.39 is 5.60 Å². The number of carbonyl (C=O) groups is 1. The maximum atomic E-state index is 12.9. The maximum absolute atomic E-state index is 12.9. The second-order valence-electron chi connectivity index (χ2n) is 7.74. The van der Waals surface area contributed by atoms with Gasteiger partial charge in [-0.1, -0.05) is 19.8 Å². The second-order valence-corrected chi connectivity index (χ2v) is 7.74. The van der Waals surface area contributed by atoms with Crippen LogP contribution in [0.1, 0.15) is 58.3 Å². The molecule has 5 atom stereocenters. The molecule has 1 saturated heterocycles. The minimum atomic E-state index is -0.496. The molecule has 21 heavy (non-hydrogen) atoms. The van der Waals surface area contributed by atoms with Gasteiger partial charge < -0.3 is 15.7 Å². The highest BCUT2D eigenvalue weighted by Crippen LogP contribution is 2.41. The number of likely N-dealkylation sites (tertiary alicyclic amines) is 1. The highest BCUT2D eigenvalue weighted by Gasteiger charge is 2.45. The maximum Gasteiger partial charge on any atom is 0.226 e. The van der Waals surface area contributed by atoms with Crippen LogP contribution in [0.3, 0.4) is 0 Å². The zero-order valence-electron chi connectivity index (χ0n) is 13.3. The Morgan fingerprint density at radius 2 is 2.05 bits per heavy atom. The molecule has 3 fully saturated rings. The molecule has 0 aromatic rings. The van der Waals surface area contributed by atoms with Crippen LogP contribution in [0.5, 0.6) is 0 Å². The molecule has 0 aromatic carbocycles. The lowest BCUT2D eigenvalue weighted by molar-refractivity contribution is -0.150. The topological polar surface area (TPSA) is 66.6 Å². The van der Waals surface area contributed by atoms with Gasteiger partial charge in [-0.15, -0.1) is 0 Å². The number of amides is 1. The Hall–Kier alpha value is -0.610. The SMILES string of the molecule is CC1CCC(N)CC1C(=O)N1CCC2(O)CCCCC2C1. The number of aliphatic hydroxyl groups is 1. The van der Waals surface area contributed by atoms with Crippen LogP contribution < -0.4 is 5.73 Å². The summed E-state index contributed by atoms with van der Waals surface area (Å²) in [6, 6.07) is 0.187. The predicted octanol–water partition coefficient (Wildman–Crippen LogP) is 1.90. The van der Waals surface area contributed by atoms with E-state index in [0.29, 0.717) is 11.8 Å². The van der Waals surface area contributed by atoms with Crippen molar-refractivity contribution in [3.63, 3.8) is 0 Å². The summed E-state index contributed by atoms with van der Waals surface area (Å²) in [4.78, 5) is 14.9. The van der Waals surface area contributed by atoms with Crippen molar-refractivity contribution < 1.29 is 9.90 Å². The third-order valence-corrected chi connectivity index (χ3v) is 6.29. The molecule has 0 aromatic heterocycles. The molecule has 3 N–H and O–H groups in total. The highest BCUT2D eigenvalue weighted by atomic mass is 16.3. The zero-order valence-corrected chi connectivity index (χ0v) is 13.3. The van der Waals surface area contributed by atoms with Gasteiger partial charge in [-0.2, -0.15) is 0 Å². The Morgan fingerprint density at radius 3 is 2.86 bits per heavy atom. The third-order valence-electron chi connectivity index (χ3n) is 6.29. The number of hydrogen-bond donors (Lipinski definition) is 2. The van der Waals surface area contributed by atoms with Crippen LogP contribution in [0.25, 0.3) is 0 Å². The lowest BCUT2D eigenvalue weighted by atomic mass is 9.70. The first kappa shape index (κ1) is 15.3. The Kier molecular flexibility index (Phi) is 4.28. The van der Waals surface area contributed by atoms with Crippen LogP contribution in [0.2, 0.25) is 0 Å². The predicted molar refractivity (Wildman–Crippen MR) is 82.6 cm³/mol. The van der Waals surface area contributed by atoms with Crippen LogP contribution in [0, 0.1) is 17.8 Å². The van der Waals surface area contributed by atoms with Gasteiger partial charge in [0.25, 0.3) is 0 Å². The molecule has 4 nitrogen and oxygen atoms in total. The molecule has 0 radical (unpaired) electrons. The first-order valence-electron chi connectivity index (χ1n) is 8.76. The van der Waals surface area contributed by atoms with E-state index >= 15 is 0 Å². The number of fused-ring (bicyclic) bond motifs is 1. The average molecular weight is 294 g/mol. The van der Waals surface area contributed by atoms with E-state index in [9.17, 15) is 9.90 Å².